The van der Waals surface area contributed by atoms with Crippen molar-refractivity contribution in [2.24, 2.45) is 0 Å². The van der Waals surface area contributed by atoms with E-state index in [0.29, 0.717) is 5.69 Å². The van der Waals surface area contributed by atoms with Crippen molar-refractivity contribution in [2.75, 3.05) is 0 Å². The van der Waals surface area contributed by atoms with Crippen molar-refractivity contribution in [3.63, 3.8) is 0 Å². The van der Waals surface area contributed by atoms with E-state index in [1.54, 1.807) is 6.20 Å². The first-order chi connectivity index (χ1) is 12.1. The molecule has 0 saturated carbocycles. The van der Waals surface area contributed by atoms with Crippen LogP contribution in [0.3, 0.4) is 0 Å². The Labute approximate surface area is 142 Å². The number of nitro groups is 1. The van der Waals surface area contributed by atoms with E-state index >= 15 is 0 Å². The molecule has 0 aliphatic heterocycles. The number of aromatic nitrogens is 2. The van der Waals surface area contributed by atoms with Gasteiger partial charge in [-0.1, -0.05) is 30.3 Å². The Balaban J connectivity index is 1.72. The molecule has 1 aromatic heterocycles. The highest BCUT2D eigenvalue weighted by atomic mass is 16.7. The van der Waals surface area contributed by atoms with Crippen LogP contribution in [-0.2, 0) is 11.4 Å². The molecule has 8 heteroatoms. The predicted molar refractivity (Wildman–Crippen MR) is 88.9 cm³/mol. The van der Waals surface area contributed by atoms with Gasteiger partial charge in [0.1, 0.15) is 5.69 Å². The molecule has 0 saturated heterocycles. The Morgan fingerprint density at radius 3 is 2.72 bits per heavy atom. The number of imidazole rings is 1. The van der Waals surface area contributed by atoms with Crippen molar-refractivity contribution in [3.8, 4) is 5.69 Å². The third-order valence-electron chi connectivity index (χ3n) is 3.46. The first-order valence-electron chi connectivity index (χ1n) is 7.38. The van der Waals surface area contributed by atoms with Gasteiger partial charge in [-0.15, -0.1) is 0 Å². The van der Waals surface area contributed by atoms with Crippen LogP contribution in [0.1, 0.15) is 15.9 Å². The van der Waals surface area contributed by atoms with Gasteiger partial charge >= 0.3 is 0 Å². The number of amides is 1. The molecule has 0 bridgehead atoms. The molecule has 0 atom stereocenters. The van der Waals surface area contributed by atoms with E-state index in [0.717, 1.165) is 5.56 Å². The molecule has 0 fully saturated rings. The smallest absolute Gasteiger partial charge is 0.294 e. The number of rotatable bonds is 6. The van der Waals surface area contributed by atoms with Crippen molar-refractivity contribution < 1.29 is 14.6 Å². The first kappa shape index (κ1) is 16.3. The van der Waals surface area contributed by atoms with Gasteiger partial charge in [0.25, 0.3) is 11.6 Å². The Morgan fingerprint density at radius 2 is 2.04 bits per heavy atom. The Kier molecular flexibility index (Phi) is 4.82. The fraction of sp³-hybridized carbons (Fsp3) is 0.0588. The minimum atomic E-state index is -0.559. The van der Waals surface area contributed by atoms with E-state index in [9.17, 15) is 14.9 Å². The highest BCUT2D eigenvalue weighted by Gasteiger charge is 2.18. The number of hydrogen-bond donors (Lipinski definition) is 1. The first-order valence-corrected chi connectivity index (χ1v) is 7.38. The van der Waals surface area contributed by atoms with Gasteiger partial charge in [-0.3, -0.25) is 19.7 Å². The lowest BCUT2D eigenvalue weighted by atomic mass is 10.1. The molecule has 1 N–H and O–H groups in total. The summed E-state index contributed by atoms with van der Waals surface area (Å²) >= 11 is 0. The number of hydrogen-bond acceptors (Lipinski definition) is 5. The van der Waals surface area contributed by atoms with Gasteiger partial charge in [-0.25, -0.2) is 10.5 Å². The van der Waals surface area contributed by atoms with Crippen LogP contribution in [0.5, 0.6) is 0 Å². The van der Waals surface area contributed by atoms with Gasteiger partial charge < -0.3 is 4.57 Å². The number of carbonyl (C=O) groups excluding carboxylic acids is 1. The Hall–Kier alpha value is -3.52. The number of nitrogens with zero attached hydrogens (tertiary/aromatic N) is 3. The van der Waals surface area contributed by atoms with Crippen LogP contribution < -0.4 is 5.48 Å². The van der Waals surface area contributed by atoms with E-state index in [-0.39, 0.29) is 17.9 Å². The molecule has 0 radical (unpaired) electrons. The lowest BCUT2D eigenvalue weighted by Crippen LogP contribution is -2.23. The topological polar surface area (TPSA) is 99.3 Å². The Bertz CT molecular complexity index is 879. The molecule has 3 rings (SSSR count). The molecule has 0 unspecified atom stereocenters. The fourth-order valence-corrected chi connectivity index (χ4v) is 2.25. The maximum absolute atomic E-state index is 12.1. The summed E-state index contributed by atoms with van der Waals surface area (Å²) < 4.78 is 1.51. The minimum Gasteiger partial charge on any atom is -0.300 e. The van der Waals surface area contributed by atoms with Crippen molar-refractivity contribution in [3.05, 3.63) is 88.5 Å². The van der Waals surface area contributed by atoms with Crippen molar-refractivity contribution in [2.45, 2.75) is 6.61 Å². The van der Waals surface area contributed by atoms with Crippen molar-refractivity contribution in [1.29, 1.82) is 0 Å². The highest BCUT2D eigenvalue weighted by molar-refractivity contribution is 5.94. The number of nitro benzene ring substituents is 1. The summed E-state index contributed by atoms with van der Waals surface area (Å²) in [6, 6.07) is 13.5. The summed E-state index contributed by atoms with van der Waals surface area (Å²) in [5.41, 5.74) is 3.43. The number of hydroxylamine groups is 1. The highest BCUT2D eigenvalue weighted by Crippen LogP contribution is 2.24. The van der Waals surface area contributed by atoms with E-state index in [4.69, 9.17) is 4.84 Å². The molecule has 1 heterocycles. The molecule has 2 aromatic carbocycles. The monoisotopic (exact) mass is 338 g/mol. The van der Waals surface area contributed by atoms with Crippen molar-refractivity contribution >= 4 is 11.6 Å². The van der Waals surface area contributed by atoms with Crippen LogP contribution in [0.4, 0.5) is 5.69 Å². The van der Waals surface area contributed by atoms with Crippen LogP contribution >= 0.6 is 0 Å². The summed E-state index contributed by atoms with van der Waals surface area (Å²) in [4.78, 5) is 31.9. The maximum atomic E-state index is 12.1. The number of benzene rings is 2. The minimum absolute atomic E-state index is 0.128. The second-order valence-corrected chi connectivity index (χ2v) is 5.14. The van der Waals surface area contributed by atoms with Crippen LogP contribution in [-0.4, -0.2) is 20.4 Å². The van der Waals surface area contributed by atoms with Crippen LogP contribution in [0.2, 0.25) is 0 Å². The summed E-state index contributed by atoms with van der Waals surface area (Å²) in [7, 11) is 0. The van der Waals surface area contributed by atoms with E-state index in [1.807, 2.05) is 30.3 Å². The van der Waals surface area contributed by atoms with Gasteiger partial charge in [-0.05, 0) is 17.7 Å². The molecule has 126 valence electrons. The molecule has 8 nitrogen and oxygen atoms in total. The van der Waals surface area contributed by atoms with Crippen LogP contribution in [0.25, 0.3) is 5.69 Å². The zero-order valence-electron chi connectivity index (χ0n) is 13.0. The molecular weight excluding hydrogens is 324 g/mol. The molecule has 0 aliphatic carbocycles. The number of carbonyl (C=O) groups is 1. The van der Waals surface area contributed by atoms with Gasteiger partial charge in [0, 0.05) is 24.0 Å². The van der Waals surface area contributed by atoms with Gasteiger partial charge in [0.2, 0.25) is 0 Å². The average Bonchev–Trinajstić information content (AvgIpc) is 3.16. The lowest BCUT2D eigenvalue weighted by molar-refractivity contribution is -0.384. The molecular formula is C17H14N4O4. The maximum Gasteiger partial charge on any atom is 0.294 e. The molecule has 25 heavy (non-hydrogen) atoms. The number of nitrogens with one attached hydrogen (secondary N) is 1. The quantitative estimate of drug-likeness (QED) is 0.550. The normalized spacial score (nSPS) is 10.4. The van der Waals surface area contributed by atoms with Crippen molar-refractivity contribution in [1.82, 2.24) is 15.0 Å². The second kappa shape index (κ2) is 7.37. The van der Waals surface area contributed by atoms with Gasteiger partial charge in [-0.2, -0.15) is 0 Å². The zero-order valence-corrected chi connectivity index (χ0v) is 13.0. The van der Waals surface area contributed by atoms with Gasteiger partial charge in [0.15, 0.2) is 0 Å². The summed E-state index contributed by atoms with van der Waals surface area (Å²) in [5, 5.41) is 11.3. The molecule has 0 spiro atoms. The fourth-order valence-electron chi connectivity index (χ4n) is 2.25. The average molecular weight is 338 g/mol. The molecule has 3 aromatic rings. The van der Waals surface area contributed by atoms with E-state index < -0.39 is 10.8 Å². The SMILES string of the molecule is O=C(NOCc1ccccc1)c1ccc(-n2ccnc2)c([N+](=O)[O-])c1. The standard InChI is InChI=1S/C17H14N4O4/c22-17(19-25-11-13-4-2-1-3-5-13)14-6-7-15(16(10-14)21(23)24)20-9-8-18-12-20/h1-10,12H,11H2,(H,19,22). The summed E-state index contributed by atoms with van der Waals surface area (Å²) in [6.45, 7) is 0.196. The molecule has 0 aliphatic rings. The third kappa shape index (κ3) is 3.88. The Morgan fingerprint density at radius 1 is 1.24 bits per heavy atom. The van der Waals surface area contributed by atoms with E-state index in [1.165, 1.54) is 35.3 Å². The van der Waals surface area contributed by atoms with Crippen LogP contribution in [0.15, 0.2) is 67.3 Å². The largest absolute Gasteiger partial charge is 0.300 e. The predicted octanol–water partition coefficient (Wildman–Crippen LogP) is 2.64. The van der Waals surface area contributed by atoms with Gasteiger partial charge in [0.05, 0.1) is 17.9 Å². The zero-order chi connectivity index (χ0) is 17.6. The molecule has 1 amide bonds. The third-order valence-corrected chi connectivity index (χ3v) is 3.46. The van der Waals surface area contributed by atoms with E-state index in [2.05, 4.69) is 10.5 Å². The van der Waals surface area contributed by atoms with Crippen LogP contribution in [0, 0.1) is 10.1 Å². The lowest BCUT2D eigenvalue weighted by Gasteiger charge is -2.08. The summed E-state index contributed by atoms with van der Waals surface area (Å²) in [5.74, 6) is -0.559. The second-order valence-electron chi connectivity index (χ2n) is 5.14. The summed E-state index contributed by atoms with van der Waals surface area (Å²) in [6.07, 6.45) is 4.55.